The zero-order chi connectivity index (χ0) is 20.4. The van der Waals surface area contributed by atoms with Gasteiger partial charge in [0.05, 0.1) is 12.1 Å². The van der Waals surface area contributed by atoms with Crippen LogP contribution in [0.2, 0.25) is 0 Å². The van der Waals surface area contributed by atoms with Gasteiger partial charge in [-0.05, 0) is 79.3 Å². The van der Waals surface area contributed by atoms with Gasteiger partial charge >= 0.3 is 0 Å². The minimum atomic E-state index is -0.782. The van der Waals surface area contributed by atoms with Gasteiger partial charge in [0.2, 0.25) is 5.91 Å². The Bertz CT molecular complexity index is 893. The van der Waals surface area contributed by atoms with E-state index in [4.69, 9.17) is 0 Å². The predicted octanol–water partition coefficient (Wildman–Crippen LogP) is 4.17. The van der Waals surface area contributed by atoms with Crippen molar-refractivity contribution in [1.29, 1.82) is 0 Å². The van der Waals surface area contributed by atoms with Crippen molar-refractivity contribution in [3.8, 4) is 0 Å². The molecule has 2 aromatic carbocycles. The summed E-state index contributed by atoms with van der Waals surface area (Å²) in [4.78, 5) is 41.8. The molecule has 0 saturated carbocycles. The zero-order valence-electron chi connectivity index (χ0n) is 16.2. The summed E-state index contributed by atoms with van der Waals surface area (Å²) in [6, 6.07) is 13.6. The number of carbonyl (C=O) groups excluding carboxylic acids is 3. The summed E-state index contributed by atoms with van der Waals surface area (Å²) in [6.07, 6.45) is 0.700. The number of anilines is 1. The maximum Gasteiger partial charge on any atom is 0.257 e. The standard InChI is InChI=1S/C22H23IN2O3/c1-4-15(3)24(21(27)16-7-5-14(2)6-8-16)19-13-20(26)25(22(19)28)18-11-9-17(23)10-12-18/h5-12,15,19H,4,13H2,1-3H3. The Balaban J connectivity index is 1.93. The van der Waals surface area contributed by atoms with E-state index in [1.165, 1.54) is 4.90 Å². The second kappa shape index (κ2) is 8.43. The molecule has 0 spiro atoms. The highest BCUT2D eigenvalue weighted by atomic mass is 127. The van der Waals surface area contributed by atoms with E-state index in [-0.39, 0.29) is 30.2 Å². The summed E-state index contributed by atoms with van der Waals surface area (Å²) in [5, 5.41) is 0. The molecule has 0 aliphatic carbocycles. The third-order valence-corrected chi connectivity index (χ3v) is 5.86. The number of imide groups is 1. The number of halogens is 1. The molecule has 1 saturated heterocycles. The lowest BCUT2D eigenvalue weighted by atomic mass is 10.1. The molecule has 1 aliphatic rings. The van der Waals surface area contributed by atoms with Crippen molar-refractivity contribution in [2.75, 3.05) is 4.90 Å². The van der Waals surface area contributed by atoms with Crippen molar-refractivity contribution in [1.82, 2.24) is 4.90 Å². The lowest BCUT2D eigenvalue weighted by Crippen LogP contribution is -2.49. The normalized spacial score (nSPS) is 17.7. The van der Waals surface area contributed by atoms with Crippen LogP contribution in [0.5, 0.6) is 0 Å². The van der Waals surface area contributed by atoms with Crippen LogP contribution in [0.25, 0.3) is 0 Å². The van der Waals surface area contributed by atoms with Crippen LogP contribution in [-0.2, 0) is 9.59 Å². The Morgan fingerprint density at radius 3 is 2.32 bits per heavy atom. The number of benzene rings is 2. The Hall–Kier alpha value is -2.22. The number of rotatable bonds is 5. The van der Waals surface area contributed by atoms with E-state index >= 15 is 0 Å². The van der Waals surface area contributed by atoms with Crippen LogP contribution in [0.1, 0.15) is 42.6 Å². The smallest absolute Gasteiger partial charge is 0.257 e. The third-order valence-electron chi connectivity index (χ3n) is 5.14. The largest absolute Gasteiger partial charge is 0.323 e. The summed E-state index contributed by atoms with van der Waals surface area (Å²) < 4.78 is 1.02. The first-order valence-corrected chi connectivity index (χ1v) is 10.4. The number of amides is 3. The monoisotopic (exact) mass is 490 g/mol. The van der Waals surface area contributed by atoms with E-state index in [0.717, 1.165) is 9.13 Å². The van der Waals surface area contributed by atoms with E-state index in [1.807, 2.05) is 45.0 Å². The van der Waals surface area contributed by atoms with E-state index < -0.39 is 6.04 Å². The van der Waals surface area contributed by atoms with Crippen molar-refractivity contribution in [2.24, 2.45) is 0 Å². The van der Waals surface area contributed by atoms with Crippen molar-refractivity contribution in [3.05, 3.63) is 63.2 Å². The summed E-state index contributed by atoms with van der Waals surface area (Å²) >= 11 is 2.17. The van der Waals surface area contributed by atoms with Gasteiger partial charge in [-0.3, -0.25) is 14.4 Å². The molecule has 1 aliphatic heterocycles. The SMILES string of the molecule is CCC(C)N(C(=O)c1ccc(C)cc1)C1CC(=O)N(c2ccc(I)cc2)C1=O. The lowest BCUT2D eigenvalue weighted by molar-refractivity contribution is -0.122. The molecule has 1 heterocycles. The Labute approximate surface area is 178 Å². The van der Waals surface area contributed by atoms with Crippen LogP contribution in [0.4, 0.5) is 5.69 Å². The summed E-state index contributed by atoms with van der Waals surface area (Å²) in [5.74, 6) is -0.835. The molecule has 146 valence electrons. The molecule has 0 bridgehead atoms. The highest BCUT2D eigenvalue weighted by molar-refractivity contribution is 14.1. The maximum atomic E-state index is 13.2. The Morgan fingerprint density at radius 1 is 1.14 bits per heavy atom. The number of nitrogens with zero attached hydrogens (tertiary/aromatic N) is 2. The van der Waals surface area contributed by atoms with Gasteiger partial charge in [-0.15, -0.1) is 0 Å². The van der Waals surface area contributed by atoms with Crippen molar-refractivity contribution < 1.29 is 14.4 Å². The van der Waals surface area contributed by atoms with Gasteiger partial charge in [-0.1, -0.05) is 24.6 Å². The second-order valence-corrected chi connectivity index (χ2v) is 8.35. The van der Waals surface area contributed by atoms with Gasteiger partial charge < -0.3 is 4.90 Å². The molecule has 2 atom stereocenters. The first-order chi connectivity index (χ1) is 13.3. The van der Waals surface area contributed by atoms with Gasteiger partial charge in [0, 0.05) is 15.2 Å². The minimum Gasteiger partial charge on any atom is -0.323 e. The topological polar surface area (TPSA) is 57.7 Å². The van der Waals surface area contributed by atoms with Crippen molar-refractivity contribution >= 4 is 46.0 Å². The fourth-order valence-corrected chi connectivity index (χ4v) is 3.75. The first-order valence-electron chi connectivity index (χ1n) is 9.35. The van der Waals surface area contributed by atoms with E-state index in [2.05, 4.69) is 22.6 Å². The number of carbonyl (C=O) groups is 3. The lowest BCUT2D eigenvalue weighted by Gasteiger charge is -2.33. The van der Waals surface area contributed by atoms with Gasteiger partial charge in [0.1, 0.15) is 6.04 Å². The highest BCUT2D eigenvalue weighted by Crippen LogP contribution is 2.29. The van der Waals surface area contributed by atoms with Crippen molar-refractivity contribution in [3.63, 3.8) is 0 Å². The van der Waals surface area contributed by atoms with E-state index in [0.29, 0.717) is 17.7 Å². The fraction of sp³-hybridized carbons (Fsp3) is 0.318. The van der Waals surface area contributed by atoms with Crippen LogP contribution in [0.15, 0.2) is 48.5 Å². The molecule has 5 nitrogen and oxygen atoms in total. The molecule has 6 heteroatoms. The highest BCUT2D eigenvalue weighted by Gasteiger charge is 2.45. The van der Waals surface area contributed by atoms with Crippen molar-refractivity contribution in [2.45, 2.75) is 45.7 Å². The van der Waals surface area contributed by atoms with Gasteiger partial charge in [-0.25, -0.2) is 4.90 Å². The third kappa shape index (κ3) is 3.97. The first kappa shape index (κ1) is 20.5. The average Bonchev–Trinajstić information content (AvgIpc) is 2.97. The van der Waals surface area contributed by atoms with E-state index in [9.17, 15) is 14.4 Å². The molecule has 0 N–H and O–H groups in total. The fourth-order valence-electron chi connectivity index (χ4n) is 3.39. The average molecular weight is 490 g/mol. The summed E-state index contributed by atoms with van der Waals surface area (Å²) in [7, 11) is 0. The molecule has 28 heavy (non-hydrogen) atoms. The quantitative estimate of drug-likeness (QED) is 0.467. The van der Waals surface area contributed by atoms with E-state index in [1.54, 1.807) is 29.2 Å². The molecule has 3 amide bonds. The van der Waals surface area contributed by atoms with Crippen LogP contribution < -0.4 is 4.90 Å². The number of hydrogen-bond donors (Lipinski definition) is 0. The van der Waals surface area contributed by atoms with Crippen LogP contribution in [0, 0.1) is 10.5 Å². The summed E-state index contributed by atoms with van der Waals surface area (Å²) in [5.41, 5.74) is 2.13. The molecule has 2 aromatic rings. The molecule has 3 rings (SSSR count). The molecule has 0 aromatic heterocycles. The molecule has 0 radical (unpaired) electrons. The number of hydrogen-bond acceptors (Lipinski definition) is 3. The van der Waals surface area contributed by atoms with Crippen LogP contribution in [-0.4, -0.2) is 34.7 Å². The van der Waals surface area contributed by atoms with Crippen LogP contribution >= 0.6 is 22.6 Å². The molecular weight excluding hydrogens is 467 g/mol. The predicted molar refractivity (Wildman–Crippen MR) is 117 cm³/mol. The van der Waals surface area contributed by atoms with Gasteiger partial charge in [0.15, 0.2) is 0 Å². The second-order valence-electron chi connectivity index (χ2n) is 7.10. The summed E-state index contributed by atoms with van der Waals surface area (Å²) in [6.45, 7) is 5.84. The minimum absolute atomic E-state index is 0.00671. The number of aryl methyl sites for hydroxylation is 1. The Morgan fingerprint density at radius 2 is 1.75 bits per heavy atom. The van der Waals surface area contributed by atoms with Gasteiger partial charge in [-0.2, -0.15) is 0 Å². The molecule has 2 unspecified atom stereocenters. The Kier molecular flexibility index (Phi) is 6.17. The van der Waals surface area contributed by atoms with Gasteiger partial charge in [0.25, 0.3) is 11.8 Å². The molecule has 1 fully saturated rings. The van der Waals surface area contributed by atoms with Crippen LogP contribution in [0.3, 0.4) is 0 Å². The molecular formula is C22H23IN2O3. The zero-order valence-corrected chi connectivity index (χ0v) is 18.3. The maximum absolute atomic E-state index is 13.2.